The number of aliphatic carboxylic acids is 1. The summed E-state index contributed by atoms with van der Waals surface area (Å²) in [4.78, 5) is 42.9. The summed E-state index contributed by atoms with van der Waals surface area (Å²) in [7, 11) is 1.70. The molecule has 2 aromatic carbocycles. The van der Waals surface area contributed by atoms with Gasteiger partial charge in [-0.05, 0) is 50.6 Å². The van der Waals surface area contributed by atoms with Crippen LogP contribution in [0.1, 0.15) is 32.4 Å². The van der Waals surface area contributed by atoms with Gasteiger partial charge in [-0.2, -0.15) is 5.10 Å². The smallest absolute Gasteiger partial charge is 0.353 e. The Labute approximate surface area is 235 Å². The van der Waals surface area contributed by atoms with Crippen LogP contribution in [0.4, 0.5) is 5.69 Å². The Hall–Kier alpha value is -4.31. The van der Waals surface area contributed by atoms with Gasteiger partial charge in [0.2, 0.25) is 11.5 Å². The standard InChI is InChI=1S/C30H29N5O4S/c1-18-25(28(37)38)33(17-40-18)27-26(19-8-6-5-7-9-19)34(29(39)30(27,2)3)21-10-12-23-20(14-21)15-31-35(23)22-11-13-24(36)32(4)16-22/h5-16,26-27H,17H2,1-4H3,(H,37,38)/t26-,27-/m0/s1. The first-order valence-corrected chi connectivity index (χ1v) is 13.9. The average Bonchev–Trinajstić information content (AvgIpc) is 3.58. The van der Waals surface area contributed by atoms with Crippen molar-refractivity contribution in [2.24, 2.45) is 12.5 Å². The Balaban J connectivity index is 1.49. The molecule has 0 aliphatic carbocycles. The normalized spacial score (nSPS) is 20.6. The fourth-order valence-corrected chi connectivity index (χ4v) is 6.96. The van der Waals surface area contributed by atoms with E-state index in [-0.39, 0.29) is 17.2 Å². The van der Waals surface area contributed by atoms with Crippen molar-refractivity contribution >= 4 is 40.2 Å². The molecule has 0 bridgehead atoms. The summed E-state index contributed by atoms with van der Waals surface area (Å²) in [5.41, 5.74) is 2.52. The van der Waals surface area contributed by atoms with Crippen LogP contribution in [0.25, 0.3) is 16.6 Å². The molecule has 1 amide bonds. The third kappa shape index (κ3) is 3.93. The minimum atomic E-state index is -0.983. The van der Waals surface area contributed by atoms with E-state index >= 15 is 0 Å². The van der Waals surface area contributed by atoms with Crippen LogP contribution < -0.4 is 10.5 Å². The third-order valence-electron chi connectivity index (χ3n) is 7.95. The quantitative estimate of drug-likeness (QED) is 0.386. The van der Waals surface area contributed by atoms with E-state index in [4.69, 9.17) is 0 Å². The van der Waals surface area contributed by atoms with E-state index in [0.717, 1.165) is 27.1 Å². The number of carboxylic acid groups (broad SMARTS) is 1. The van der Waals surface area contributed by atoms with Crippen LogP contribution >= 0.6 is 11.8 Å². The van der Waals surface area contributed by atoms with Crippen LogP contribution in [0.2, 0.25) is 0 Å². The predicted molar refractivity (Wildman–Crippen MR) is 155 cm³/mol. The molecule has 4 aromatic rings. The number of carbonyl (C=O) groups excluding carboxylic acids is 1. The Kier molecular flexibility index (Phi) is 6.10. The molecule has 2 aliphatic rings. The number of rotatable bonds is 5. The molecule has 204 valence electrons. The lowest BCUT2D eigenvalue weighted by molar-refractivity contribution is -0.135. The Morgan fingerprint density at radius 1 is 1.05 bits per heavy atom. The number of anilines is 1. The number of carboxylic acids is 1. The maximum Gasteiger partial charge on any atom is 0.353 e. The number of hydrogen-bond donors (Lipinski definition) is 1. The third-order valence-corrected chi connectivity index (χ3v) is 8.99. The average molecular weight is 556 g/mol. The SMILES string of the molecule is CC1=C(C(=O)O)N([C@H]2[C@H](c3ccccc3)N(c3ccc4c(cnn4-c4ccc(=O)n(C)c4)c3)C(=O)C2(C)C)CS1. The Bertz CT molecular complexity index is 1760. The lowest BCUT2D eigenvalue weighted by Gasteiger charge is -2.38. The topological polar surface area (TPSA) is 101 Å². The summed E-state index contributed by atoms with van der Waals surface area (Å²) < 4.78 is 3.27. The minimum absolute atomic E-state index is 0.0737. The number of carbonyl (C=O) groups is 2. The van der Waals surface area contributed by atoms with E-state index < -0.39 is 23.5 Å². The van der Waals surface area contributed by atoms with Gasteiger partial charge in [0.25, 0.3) is 0 Å². The second-order valence-electron chi connectivity index (χ2n) is 10.8. The van der Waals surface area contributed by atoms with E-state index in [2.05, 4.69) is 5.10 Å². The van der Waals surface area contributed by atoms with E-state index in [1.54, 1.807) is 30.2 Å². The van der Waals surface area contributed by atoms with Gasteiger partial charge in [-0.1, -0.05) is 30.3 Å². The number of benzene rings is 2. The molecular weight excluding hydrogens is 526 g/mol. The fourth-order valence-electron chi connectivity index (χ4n) is 5.99. The van der Waals surface area contributed by atoms with Gasteiger partial charge in [0.05, 0.1) is 40.8 Å². The number of aromatic nitrogens is 3. The summed E-state index contributed by atoms with van der Waals surface area (Å²) in [5, 5.41) is 15.5. The van der Waals surface area contributed by atoms with Gasteiger partial charge in [-0.3, -0.25) is 9.59 Å². The highest BCUT2D eigenvalue weighted by Gasteiger charge is 2.58. The number of hydrogen-bond acceptors (Lipinski definition) is 6. The molecular formula is C30H29N5O4S. The molecule has 4 heterocycles. The maximum absolute atomic E-state index is 14.2. The van der Waals surface area contributed by atoms with Crippen molar-refractivity contribution in [2.45, 2.75) is 32.9 Å². The van der Waals surface area contributed by atoms with Gasteiger partial charge in [-0.25, -0.2) is 9.48 Å². The van der Waals surface area contributed by atoms with Gasteiger partial charge in [-0.15, -0.1) is 11.8 Å². The van der Waals surface area contributed by atoms with E-state index in [0.29, 0.717) is 11.6 Å². The van der Waals surface area contributed by atoms with Crippen LogP contribution in [0, 0.1) is 5.41 Å². The zero-order valence-corrected chi connectivity index (χ0v) is 23.4. The van der Waals surface area contributed by atoms with Crippen LogP contribution in [-0.4, -0.2) is 48.1 Å². The molecule has 2 atom stereocenters. The molecule has 2 aliphatic heterocycles. The van der Waals surface area contributed by atoms with Crippen molar-refractivity contribution in [3.8, 4) is 5.69 Å². The van der Waals surface area contributed by atoms with Crippen molar-refractivity contribution in [1.82, 2.24) is 19.2 Å². The molecule has 10 heteroatoms. The molecule has 2 aromatic heterocycles. The maximum atomic E-state index is 14.2. The van der Waals surface area contributed by atoms with Gasteiger partial charge < -0.3 is 19.5 Å². The minimum Gasteiger partial charge on any atom is -0.477 e. The van der Waals surface area contributed by atoms with Gasteiger partial charge in [0.1, 0.15) is 5.70 Å². The molecule has 0 radical (unpaired) electrons. The molecule has 1 fully saturated rings. The largest absolute Gasteiger partial charge is 0.477 e. The second kappa shape index (κ2) is 9.41. The second-order valence-corrected chi connectivity index (χ2v) is 11.9. The van der Waals surface area contributed by atoms with Crippen LogP contribution in [0.5, 0.6) is 0 Å². The zero-order valence-electron chi connectivity index (χ0n) is 22.6. The number of fused-ring (bicyclic) bond motifs is 1. The number of allylic oxidation sites excluding steroid dienone is 1. The number of aryl methyl sites for hydroxylation is 1. The zero-order chi connectivity index (χ0) is 28.3. The Morgan fingerprint density at radius 2 is 1.77 bits per heavy atom. The first-order valence-electron chi connectivity index (χ1n) is 13.0. The molecule has 9 nitrogen and oxygen atoms in total. The van der Waals surface area contributed by atoms with E-state index in [1.807, 2.05) is 79.1 Å². The molecule has 0 unspecified atom stereocenters. The van der Waals surface area contributed by atoms with Crippen LogP contribution in [-0.2, 0) is 16.6 Å². The van der Waals surface area contributed by atoms with Crippen molar-refractivity contribution in [3.05, 3.63) is 99.6 Å². The van der Waals surface area contributed by atoms with Gasteiger partial charge >= 0.3 is 5.97 Å². The van der Waals surface area contributed by atoms with Gasteiger partial charge in [0.15, 0.2) is 0 Å². The van der Waals surface area contributed by atoms with Crippen molar-refractivity contribution in [1.29, 1.82) is 0 Å². The van der Waals surface area contributed by atoms with Crippen LogP contribution in [0.15, 0.2) is 88.5 Å². The van der Waals surface area contributed by atoms with Crippen molar-refractivity contribution in [2.75, 3.05) is 10.8 Å². The summed E-state index contributed by atoms with van der Waals surface area (Å²) in [6.45, 7) is 5.64. The highest BCUT2D eigenvalue weighted by Crippen LogP contribution is 2.52. The predicted octanol–water partition coefficient (Wildman–Crippen LogP) is 4.53. The van der Waals surface area contributed by atoms with Crippen molar-refractivity contribution < 1.29 is 14.7 Å². The highest BCUT2D eigenvalue weighted by atomic mass is 32.2. The lowest BCUT2D eigenvalue weighted by atomic mass is 9.81. The highest BCUT2D eigenvalue weighted by molar-refractivity contribution is 8.03. The molecule has 1 N–H and O–H groups in total. The molecule has 6 rings (SSSR count). The first kappa shape index (κ1) is 25.9. The fraction of sp³-hybridized carbons (Fsp3) is 0.267. The Morgan fingerprint density at radius 3 is 2.48 bits per heavy atom. The number of thioether (sulfide) groups is 1. The van der Waals surface area contributed by atoms with E-state index in [1.165, 1.54) is 22.4 Å². The summed E-state index contributed by atoms with van der Waals surface area (Å²) in [6, 6.07) is 18.0. The molecule has 1 saturated heterocycles. The summed E-state index contributed by atoms with van der Waals surface area (Å²) in [5.74, 6) is -0.587. The van der Waals surface area contributed by atoms with Crippen LogP contribution in [0.3, 0.4) is 0 Å². The molecule has 40 heavy (non-hydrogen) atoms. The first-order chi connectivity index (χ1) is 19.1. The molecule has 0 spiro atoms. The van der Waals surface area contributed by atoms with E-state index in [9.17, 15) is 19.5 Å². The number of nitrogens with zero attached hydrogens (tertiary/aromatic N) is 5. The monoisotopic (exact) mass is 555 g/mol. The number of amides is 1. The van der Waals surface area contributed by atoms with Crippen molar-refractivity contribution in [3.63, 3.8) is 0 Å². The number of pyridine rings is 1. The summed E-state index contributed by atoms with van der Waals surface area (Å²) >= 11 is 1.49. The lowest BCUT2D eigenvalue weighted by Crippen LogP contribution is -2.46. The molecule has 0 saturated carbocycles. The van der Waals surface area contributed by atoms with Gasteiger partial charge in [0, 0.05) is 35.3 Å². The summed E-state index contributed by atoms with van der Waals surface area (Å²) in [6.07, 6.45) is 3.48.